The molecule has 8 heteroatoms. The van der Waals surface area contributed by atoms with Crippen molar-refractivity contribution < 1.29 is 14.4 Å². The lowest BCUT2D eigenvalue weighted by Crippen LogP contribution is -2.35. The summed E-state index contributed by atoms with van der Waals surface area (Å²) in [5.41, 5.74) is 1.54. The number of benzene rings is 2. The fraction of sp³-hybridized carbons (Fsp3) is 0.211. The monoisotopic (exact) mass is 386 g/mol. The number of nitrogens with one attached hydrogen (secondary N) is 2. The predicted octanol–water partition coefficient (Wildman–Crippen LogP) is 2.58. The van der Waals surface area contributed by atoms with Gasteiger partial charge in [-0.2, -0.15) is 0 Å². The van der Waals surface area contributed by atoms with Crippen LogP contribution in [-0.4, -0.2) is 49.4 Å². The maximum Gasteiger partial charge on any atom is 0.321 e. The lowest BCUT2D eigenvalue weighted by Gasteiger charge is -2.19. The molecule has 4 amide bonds. The van der Waals surface area contributed by atoms with Gasteiger partial charge in [0.1, 0.15) is 0 Å². The van der Waals surface area contributed by atoms with Gasteiger partial charge in [-0.3, -0.25) is 14.5 Å². The number of urea groups is 1. The van der Waals surface area contributed by atoms with E-state index >= 15 is 0 Å². The molecule has 1 aliphatic heterocycles. The molecule has 0 aromatic heterocycles. The van der Waals surface area contributed by atoms with E-state index in [1.54, 1.807) is 60.5 Å². The van der Waals surface area contributed by atoms with E-state index in [2.05, 4.69) is 10.6 Å². The molecule has 1 aliphatic rings. The summed E-state index contributed by atoms with van der Waals surface area (Å²) in [4.78, 5) is 39.5. The molecule has 1 saturated heterocycles. The maximum absolute atomic E-state index is 12.6. The second-order valence-electron chi connectivity index (χ2n) is 6.12. The Morgan fingerprint density at radius 1 is 1.22 bits per heavy atom. The predicted molar refractivity (Wildman–Crippen MR) is 104 cm³/mol. The van der Waals surface area contributed by atoms with E-state index in [1.165, 1.54) is 4.90 Å². The number of carbonyl (C=O) groups excluding carboxylic acids is 3. The molecule has 0 radical (unpaired) electrons. The van der Waals surface area contributed by atoms with Crippen LogP contribution >= 0.6 is 11.6 Å². The summed E-state index contributed by atoms with van der Waals surface area (Å²) in [6, 6.07) is 13.5. The zero-order valence-corrected chi connectivity index (χ0v) is 15.5. The molecular weight excluding hydrogens is 368 g/mol. The lowest BCUT2D eigenvalue weighted by atomic mass is 10.1. The third-order valence-corrected chi connectivity index (χ3v) is 4.47. The van der Waals surface area contributed by atoms with Crippen LogP contribution < -0.4 is 15.5 Å². The average molecular weight is 387 g/mol. The van der Waals surface area contributed by atoms with Crippen molar-refractivity contribution in [3.05, 3.63) is 59.1 Å². The number of hydrogen-bond acceptors (Lipinski definition) is 3. The summed E-state index contributed by atoms with van der Waals surface area (Å²) in [5.74, 6) is -0.667. The highest BCUT2D eigenvalue weighted by molar-refractivity contribution is 6.33. The summed E-state index contributed by atoms with van der Waals surface area (Å²) in [6.45, 7) is 0.990. The number of nitrogens with zero attached hydrogens (tertiary/aromatic N) is 2. The van der Waals surface area contributed by atoms with Crippen molar-refractivity contribution in [1.82, 2.24) is 10.2 Å². The van der Waals surface area contributed by atoms with Crippen molar-refractivity contribution in [3.63, 3.8) is 0 Å². The van der Waals surface area contributed by atoms with Crippen LogP contribution in [0.4, 0.5) is 16.2 Å². The molecule has 7 nitrogen and oxygen atoms in total. The largest absolute Gasteiger partial charge is 0.336 e. The second kappa shape index (κ2) is 8.09. The molecule has 27 heavy (non-hydrogen) atoms. The third-order valence-electron chi connectivity index (χ3n) is 4.14. The molecule has 0 aliphatic carbocycles. The summed E-state index contributed by atoms with van der Waals surface area (Å²) in [6.07, 6.45) is 0. The minimum Gasteiger partial charge on any atom is -0.336 e. The topological polar surface area (TPSA) is 81.8 Å². The number of likely N-dealkylation sites (N-methyl/N-ethyl adjacent to an activating group) is 1. The Morgan fingerprint density at radius 3 is 2.70 bits per heavy atom. The first-order valence-corrected chi connectivity index (χ1v) is 8.79. The molecule has 140 valence electrons. The Kier molecular flexibility index (Phi) is 5.61. The first-order valence-electron chi connectivity index (χ1n) is 8.41. The van der Waals surface area contributed by atoms with Gasteiger partial charge in [0.2, 0.25) is 5.91 Å². The molecule has 1 heterocycles. The third kappa shape index (κ3) is 4.38. The molecule has 0 unspecified atom stereocenters. The standard InChI is InChI=1S/C19H19ClN4O3/c1-23(12-17(25)22-16-8-3-2-7-15(16)20)18(26)13-5-4-6-14(11-13)24-10-9-21-19(24)27/h2-8,11H,9-10,12H2,1H3,(H,21,27)(H,22,25). The summed E-state index contributed by atoms with van der Waals surface area (Å²) in [7, 11) is 1.55. The highest BCUT2D eigenvalue weighted by Gasteiger charge is 2.22. The number of anilines is 2. The minimum absolute atomic E-state index is 0.127. The van der Waals surface area contributed by atoms with Crippen molar-refractivity contribution in [3.8, 4) is 0 Å². The normalized spacial score (nSPS) is 13.3. The van der Waals surface area contributed by atoms with Gasteiger partial charge in [-0.1, -0.05) is 29.8 Å². The molecule has 0 spiro atoms. The van der Waals surface area contributed by atoms with Crippen LogP contribution in [-0.2, 0) is 4.79 Å². The van der Waals surface area contributed by atoms with Gasteiger partial charge in [-0.15, -0.1) is 0 Å². The van der Waals surface area contributed by atoms with Crippen LogP contribution in [0.2, 0.25) is 5.02 Å². The Morgan fingerprint density at radius 2 is 2.00 bits per heavy atom. The van der Waals surface area contributed by atoms with Crippen LogP contribution in [0, 0.1) is 0 Å². The van der Waals surface area contributed by atoms with E-state index in [9.17, 15) is 14.4 Å². The average Bonchev–Trinajstić information content (AvgIpc) is 3.09. The fourth-order valence-electron chi connectivity index (χ4n) is 2.78. The van der Waals surface area contributed by atoms with Crippen molar-refractivity contribution in [2.45, 2.75) is 0 Å². The Balaban J connectivity index is 1.66. The first-order chi connectivity index (χ1) is 13.0. The quantitative estimate of drug-likeness (QED) is 0.828. The summed E-state index contributed by atoms with van der Waals surface area (Å²) < 4.78 is 0. The number of amides is 4. The van der Waals surface area contributed by atoms with Gasteiger partial charge < -0.3 is 15.5 Å². The molecule has 0 atom stereocenters. The fourth-order valence-corrected chi connectivity index (χ4v) is 2.97. The summed E-state index contributed by atoms with van der Waals surface area (Å²) in [5, 5.41) is 5.83. The molecule has 2 N–H and O–H groups in total. The smallest absolute Gasteiger partial charge is 0.321 e. The Bertz CT molecular complexity index is 887. The number of para-hydroxylation sites is 1. The van der Waals surface area contributed by atoms with Crippen molar-refractivity contribution in [2.24, 2.45) is 0 Å². The Labute approximate surface area is 161 Å². The van der Waals surface area contributed by atoms with E-state index in [0.717, 1.165) is 0 Å². The zero-order chi connectivity index (χ0) is 19.4. The van der Waals surface area contributed by atoms with Crippen LogP contribution in [0.1, 0.15) is 10.4 Å². The van der Waals surface area contributed by atoms with E-state index in [-0.39, 0.29) is 24.4 Å². The number of halogens is 1. The van der Waals surface area contributed by atoms with Gasteiger partial charge in [0.25, 0.3) is 5.91 Å². The SMILES string of the molecule is CN(CC(=O)Nc1ccccc1Cl)C(=O)c1cccc(N2CCNC2=O)c1. The first kappa shape index (κ1) is 18.7. The van der Waals surface area contributed by atoms with Gasteiger partial charge in [0, 0.05) is 31.4 Å². The zero-order valence-electron chi connectivity index (χ0n) is 14.7. The van der Waals surface area contributed by atoms with Crippen LogP contribution in [0.25, 0.3) is 0 Å². The molecule has 3 rings (SSSR count). The molecule has 0 saturated carbocycles. The highest BCUT2D eigenvalue weighted by atomic mass is 35.5. The van der Waals surface area contributed by atoms with Crippen LogP contribution in [0.5, 0.6) is 0 Å². The minimum atomic E-state index is -0.353. The van der Waals surface area contributed by atoms with E-state index < -0.39 is 0 Å². The molecule has 2 aromatic rings. The second-order valence-corrected chi connectivity index (χ2v) is 6.53. The van der Waals surface area contributed by atoms with Gasteiger partial charge in [0.15, 0.2) is 0 Å². The van der Waals surface area contributed by atoms with Crippen LogP contribution in [0.15, 0.2) is 48.5 Å². The van der Waals surface area contributed by atoms with Crippen molar-refractivity contribution >= 4 is 40.8 Å². The molecule has 2 aromatic carbocycles. The van der Waals surface area contributed by atoms with Gasteiger partial charge >= 0.3 is 6.03 Å². The molecule has 1 fully saturated rings. The lowest BCUT2D eigenvalue weighted by molar-refractivity contribution is -0.116. The molecule has 0 bridgehead atoms. The highest BCUT2D eigenvalue weighted by Crippen LogP contribution is 2.21. The number of hydrogen-bond donors (Lipinski definition) is 2. The van der Waals surface area contributed by atoms with Crippen LogP contribution in [0.3, 0.4) is 0 Å². The van der Waals surface area contributed by atoms with E-state index in [0.29, 0.717) is 35.1 Å². The number of carbonyl (C=O) groups is 3. The molecular formula is C19H19ClN4O3. The van der Waals surface area contributed by atoms with Gasteiger partial charge in [0.05, 0.1) is 17.3 Å². The maximum atomic E-state index is 12.6. The van der Waals surface area contributed by atoms with E-state index in [1.807, 2.05) is 0 Å². The van der Waals surface area contributed by atoms with Crippen molar-refractivity contribution in [1.29, 1.82) is 0 Å². The van der Waals surface area contributed by atoms with Gasteiger partial charge in [-0.25, -0.2) is 4.79 Å². The Hall–Kier alpha value is -3.06. The van der Waals surface area contributed by atoms with E-state index in [4.69, 9.17) is 11.6 Å². The van der Waals surface area contributed by atoms with Crippen molar-refractivity contribution in [2.75, 3.05) is 36.9 Å². The number of rotatable bonds is 5. The summed E-state index contributed by atoms with van der Waals surface area (Å²) >= 11 is 6.02. The van der Waals surface area contributed by atoms with Gasteiger partial charge in [-0.05, 0) is 30.3 Å².